The Morgan fingerprint density at radius 1 is 1.05 bits per heavy atom. The van der Waals surface area contributed by atoms with Gasteiger partial charge in [0.1, 0.15) is 11.6 Å². The number of nitrogens with one attached hydrogen (secondary N) is 1. The summed E-state index contributed by atoms with van der Waals surface area (Å²) in [6.45, 7) is 3.35. The number of carboxylic acid groups (broad SMARTS) is 1. The second-order valence-electron chi connectivity index (χ2n) is 13.7. The number of aliphatic hydroxyl groups is 2. The van der Waals surface area contributed by atoms with Gasteiger partial charge in [0, 0.05) is 24.7 Å². The van der Waals surface area contributed by atoms with Gasteiger partial charge in [-0.05, 0) is 73.3 Å². The van der Waals surface area contributed by atoms with E-state index in [1.807, 2.05) is 6.92 Å². The number of carbonyl (C=O) groups is 5. The van der Waals surface area contributed by atoms with E-state index in [1.165, 1.54) is 0 Å². The van der Waals surface area contributed by atoms with Crippen LogP contribution in [-0.2, 0) is 35.1 Å². The lowest BCUT2D eigenvalue weighted by Gasteiger charge is -2.60. The first-order valence-electron chi connectivity index (χ1n) is 15.7. The molecule has 0 aromatic heterocycles. The lowest BCUT2D eigenvalue weighted by atomic mass is 9.45. The van der Waals surface area contributed by atoms with Gasteiger partial charge in [-0.2, -0.15) is 0 Å². The number of hydrogen-bond acceptors (Lipinski definition) is 8. The van der Waals surface area contributed by atoms with Gasteiger partial charge in [0.05, 0.1) is 12.5 Å². The van der Waals surface area contributed by atoms with Crippen LogP contribution >= 0.6 is 0 Å². The zero-order valence-electron chi connectivity index (χ0n) is 25.4. The van der Waals surface area contributed by atoms with Crippen LogP contribution in [0.4, 0.5) is 0 Å². The number of esters is 1. The van der Waals surface area contributed by atoms with Crippen LogP contribution in [0.3, 0.4) is 0 Å². The lowest BCUT2D eigenvalue weighted by Crippen LogP contribution is -2.62. The zero-order chi connectivity index (χ0) is 31.9. The van der Waals surface area contributed by atoms with E-state index < -0.39 is 53.4 Å². The minimum atomic E-state index is -1.77. The summed E-state index contributed by atoms with van der Waals surface area (Å²) in [7, 11) is 0. The SMILES string of the molecule is CC12CCC(=O)C=C1CCC1C2C(O)CC2(C)C1CCC2(O)C(=O)COC(=O)CCC(=O)NC(Cc1ccccc1)C(=O)O. The topological polar surface area (TPSA) is 167 Å². The molecule has 0 radical (unpaired) electrons. The van der Waals surface area contributed by atoms with Crippen molar-refractivity contribution in [3.8, 4) is 0 Å². The average Bonchev–Trinajstić information content (AvgIpc) is 3.25. The molecule has 3 fully saturated rings. The number of carboxylic acids is 1. The summed E-state index contributed by atoms with van der Waals surface area (Å²) in [4.78, 5) is 62.1. The highest BCUT2D eigenvalue weighted by atomic mass is 16.5. The molecular weight excluding hydrogens is 566 g/mol. The van der Waals surface area contributed by atoms with E-state index in [0.29, 0.717) is 19.3 Å². The Morgan fingerprint density at radius 3 is 2.48 bits per heavy atom. The quantitative estimate of drug-likeness (QED) is 0.292. The predicted molar refractivity (Wildman–Crippen MR) is 158 cm³/mol. The van der Waals surface area contributed by atoms with Crippen molar-refractivity contribution in [2.75, 3.05) is 6.61 Å². The largest absolute Gasteiger partial charge is 0.480 e. The van der Waals surface area contributed by atoms with Gasteiger partial charge >= 0.3 is 11.9 Å². The van der Waals surface area contributed by atoms with Crippen LogP contribution in [0.2, 0.25) is 0 Å². The number of amides is 1. The molecule has 0 heterocycles. The summed E-state index contributed by atoms with van der Waals surface area (Å²) in [5, 5.41) is 35.3. The zero-order valence-corrected chi connectivity index (χ0v) is 25.4. The van der Waals surface area contributed by atoms with Gasteiger partial charge in [0.2, 0.25) is 11.7 Å². The minimum absolute atomic E-state index is 0.00156. The molecule has 8 atom stereocenters. The van der Waals surface area contributed by atoms with Crippen molar-refractivity contribution in [3.63, 3.8) is 0 Å². The summed E-state index contributed by atoms with van der Waals surface area (Å²) >= 11 is 0. The van der Waals surface area contributed by atoms with E-state index in [1.54, 1.807) is 36.4 Å². The Kier molecular flexibility index (Phi) is 8.88. The number of carbonyl (C=O) groups excluding carboxylic acids is 4. The van der Waals surface area contributed by atoms with Crippen LogP contribution in [0.15, 0.2) is 42.0 Å². The van der Waals surface area contributed by atoms with Crippen LogP contribution in [-0.4, -0.2) is 69.1 Å². The number of hydrogen-bond donors (Lipinski definition) is 4. The second-order valence-corrected chi connectivity index (χ2v) is 13.7. The third-order valence-corrected chi connectivity index (χ3v) is 11.3. The molecule has 10 nitrogen and oxygen atoms in total. The Bertz CT molecular complexity index is 1360. The summed E-state index contributed by atoms with van der Waals surface area (Å²) < 4.78 is 5.19. The minimum Gasteiger partial charge on any atom is -0.480 e. The fourth-order valence-electron chi connectivity index (χ4n) is 9.02. The molecular formula is C34H43NO9. The summed E-state index contributed by atoms with van der Waals surface area (Å²) in [5.74, 6) is -3.07. The fourth-order valence-corrected chi connectivity index (χ4v) is 9.02. The number of benzene rings is 1. The maximum atomic E-state index is 13.5. The Hall–Kier alpha value is -3.37. The third kappa shape index (κ3) is 5.74. The Balaban J connectivity index is 1.16. The third-order valence-electron chi connectivity index (χ3n) is 11.3. The van der Waals surface area contributed by atoms with E-state index >= 15 is 0 Å². The van der Waals surface area contributed by atoms with E-state index in [-0.39, 0.29) is 61.1 Å². The van der Waals surface area contributed by atoms with Gasteiger partial charge in [0.15, 0.2) is 12.4 Å². The highest BCUT2D eigenvalue weighted by Gasteiger charge is 2.68. The maximum Gasteiger partial charge on any atom is 0.326 e. The van der Waals surface area contributed by atoms with Crippen LogP contribution in [0, 0.1) is 28.6 Å². The number of ether oxygens (including phenoxy) is 1. The number of allylic oxidation sites excluding steroid dienone is 1. The molecule has 8 unspecified atom stereocenters. The van der Waals surface area contributed by atoms with Gasteiger partial charge < -0.3 is 25.4 Å². The first kappa shape index (κ1) is 32.0. The van der Waals surface area contributed by atoms with Crippen LogP contribution in [0.25, 0.3) is 0 Å². The van der Waals surface area contributed by atoms with Crippen LogP contribution in [0.5, 0.6) is 0 Å². The first-order valence-corrected chi connectivity index (χ1v) is 15.7. The molecule has 238 valence electrons. The lowest BCUT2D eigenvalue weighted by molar-refractivity contribution is -0.184. The van der Waals surface area contributed by atoms with E-state index in [0.717, 1.165) is 24.0 Å². The average molecular weight is 610 g/mol. The molecule has 1 aromatic rings. The van der Waals surface area contributed by atoms with Crippen molar-refractivity contribution in [2.24, 2.45) is 28.6 Å². The highest BCUT2D eigenvalue weighted by Crippen LogP contribution is 2.67. The molecule has 4 N–H and O–H groups in total. The molecule has 10 heteroatoms. The predicted octanol–water partition coefficient (Wildman–Crippen LogP) is 2.92. The molecule has 0 aliphatic heterocycles. The molecule has 1 amide bonds. The summed E-state index contributed by atoms with van der Waals surface area (Å²) in [6, 6.07) is 7.70. The number of Topliss-reactive ketones (excluding diaryl/α,β-unsaturated/α-hetero) is 1. The maximum absolute atomic E-state index is 13.5. The number of aliphatic hydroxyl groups excluding tert-OH is 1. The van der Waals surface area contributed by atoms with Crippen molar-refractivity contribution in [1.29, 1.82) is 0 Å². The molecule has 4 aliphatic carbocycles. The van der Waals surface area contributed by atoms with Crippen LogP contribution < -0.4 is 5.32 Å². The van der Waals surface area contributed by atoms with E-state index in [4.69, 9.17) is 4.74 Å². The summed E-state index contributed by atoms with van der Waals surface area (Å²) in [5.41, 5.74) is -1.10. The molecule has 4 aliphatic rings. The molecule has 0 bridgehead atoms. The van der Waals surface area contributed by atoms with E-state index in [2.05, 4.69) is 12.2 Å². The number of aliphatic carboxylic acids is 1. The van der Waals surface area contributed by atoms with Gasteiger partial charge in [-0.25, -0.2) is 4.79 Å². The standard InChI is InChI=1S/C34H43NO9/c1-32-14-12-22(36)17-21(32)8-9-23-24-13-15-34(43,33(24,2)18-26(37)30(23)32)27(38)19-44-29(40)11-10-28(39)35-25(31(41)42)16-20-6-4-3-5-7-20/h3-7,17,23-26,30,37,43H,8-16,18-19H2,1-2H3,(H,35,39)(H,41,42). The second kappa shape index (κ2) is 12.2. The molecule has 44 heavy (non-hydrogen) atoms. The monoisotopic (exact) mass is 609 g/mol. The molecule has 5 rings (SSSR count). The fraction of sp³-hybridized carbons (Fsp3) is 0.618. The number of fused-ring (bicyclic) bond motifs is 5. The van der Waals surface area contributed by atoms with Gasteiger partial charge in [-0.3, -0.25) is 19.2 Å². The molecule has 1 aromatic carbocycles. The van der Waals surface area contributed by atoms with Crippen molar-refractivity contribution in [2.45, 2.75) is 95.8 Å². The van der Waals surface area contributed by atoms with Crippen LogP contribution in [0.1, 0.15) is 77.2 Å². The van der Waals surface area contributed by atoms with Gasteiger partial charge in [-0.15, -0.1) is 0 Å². The number of rotatable bonds is 10. The van der Waals surface area contributed by atoms with Gasteiger partial charge in [-0.1, -0.05) is 49.8 Å². The molecule has 0 saturated heterocycles. The number of ketones is 2. The highest BCUT2D eigenvalue weighted by molar-refractivity contribution is 5.92. The van der Waals surface area contributed by atoms with E-state index in [9.17, 15) is 39.3 Å². The van der Waals surface area contributed by atoms with Crippen molar-refractivity contribution >= 4 is 29.4 Å². The van der Waals surface area contributed by atoms with Crippen molar-refractivity contribution in [1.82, 2.24) is 5.32 Å². The smallest absolute Gasteiger partial charge is 0.326 e. The summed E-state index contributed by atoms with van der Waals surface area (Å²) in [6.07, 6.45) is 4.20. The molecule has 3 saturated carbocycles. The molecule has 0 spiro atoms. The van der Waals surface area contributed by atoms with Crippen molar-refractivity contribution in [3.05, 3.63) is 47.5 Å². The Labute approximate surface area is 257 Å². The first-order chi connectivity index (χ1) is 20.8. The normalized spacial score (nSPS) is 34.9. The van der Waals surface area contributed by atoms with Crippen molar-refractivity contribution < 1.29 is 44.0 Å². The Morgan fingerprint density at radius 2 is 1.77 bits per heavy atom. The van der Waals surface area contributed by atoms with Gasteiger partial charge in [0.25, 0.3) is 0 Å².